The largest absolute Gasteiger partial charge is 0.480 e. The number of aromatic nitrogens is 3. The van der Waals surface area contributed by atoms with E-state index in [1.54, 1.807) is 17.0 Å². The molecule has 4 aromatic rings. The van der Waals surface area contributed by atoms with Crippen molar-refractivity contribution in [3.63, 3.8) is 0 Å². The third-order valence-corrected chi connectivity index (χ3v) is 6.33. The van der Waals surface area contributed by atoms with E-state index in [1.165, 1.54) is 0 Å². The highest BCUT2D eigenvalue weighted by Crippen LogP contribution is 2.33. The molecule has 0 saturated carbocycles. The first kappa shape index (κ1) is 22.9. The summed E-state index contributed by atoms with van der Waals surface area (Å²) in [6.45, 7) is 3.04. The molecule has 1 aliphatic heterocycles. The van der Waals surface area contributed by atoms with Crippen LogP contribution >= 0.6 is 0 Å². The minimum atomic E-state index is -0.850. The van der Waals surface area contributed by atoms with E-state index in [1.807, 2.05) is 42.5 Å². The molecule has 35 heavy (non-hydrogen) atoms. The Morgan fingerprint density at radius 1 is 1.09 bits per heavy atom. The van der Waals surface area contributed by atoms with Crippen LogP contribution in [0.25, 0.3) is 34.3 Å². The van der Waals surface area contributed by atoms with Crippen LogP contribution < -0.4 is 0 Å². The molecule has 2 N–H and O–H groups in total. The highest BCUT2D eigenvalue weighted by atomic mass is 16.5. The number of carboxylic acids is 1. The van der Waals surface area contributed by atoms with Gasteiger partial charge in [-0.25, -0.2) is 0 Å². The zero-order valence-electron chi connectivity index (χ0n) is 19.3. The summed E-state index contributed by atoms with van der Waals surface area (Å²) in [4.78, 5) is 17.5. The van der Waals surface area contributed by atoms with Crippen LogP contribution in [-0.2, 0) is 11.2 Å². The van der Waals surface area contributed by atoms with Crippen molar-refractivity contribution >= 4 is 5.97 Å². The fourth-order valence-corrected chi connectivity index (χ4v) is 4.33. The van der Waals surface area contributed by atoms with E-state index in [2.05, 4.69) is 22.2 Å². The molecule has 5 rings (SSSR count). The summed E-state index contributed by atoms with van der Waals surface area (Å²) in [7, 11) is 0. The van der Waals surface area contributed by atoms with E-state index < -0.39 is 18.1 Å². The average molecular weight is 475 g/mol. The van der Waals surface area contributed by atoms with E-state index in [4.69, 9.17) is 9.05 Å². The zero-order chi connectivity index (χ0) is 24.4. The van der Waals surface area contributed by atoms with Crippen molar-refractivity contribution in [2.45, 2.75) is 38.3 Å². The van der Waals surface area contributed by atoms with Gasteiger partial charge in [-0.1, -0.05) is 78.3 Å². The topological polar surface area (TPSA) is 126 Å². The lowest BCUT2D eigenvalue weighted by molar-refractivity contribution is -0.149. The summed E-state index contributed by atoms with van der Waals surface area (Å²) in [6, 6.07) is 16.5. The second-order valence-corrected chi connectivity index (χ2v) is 8.65. The lowest BCUT2D eigenvalue weighted by atomic mass is 10.00. The minimum absolute atomic E-state index is 0.277. The Morgan fingerprint density at radius 2 is 1.86 bits per heavy atom. The van der Waals surface area contributed by atoms with E-state index in [0.29, 0.717) is 35.8 Å². The van der Waals surface area contributed by atoms with Gasteiger partial charge in [-0.2, -0.15) is 4.98 Å². The van der Waals surface area contributed by atoms with Crippen molar-refractivity contribution in [3.05, 3.63) is 65.7 Å². The molecule has 1 fully saturated rings. The fraction of sp³-hybridized carbons (Fsp3) is 0.308. The molecule has 180 valence electrons. The van der Waals surface area contributed by atoms with Gasteiger partial charge in [-0.3, -0.25) is 9.69 Å². The van der Waals surface area contributed by atoms with Gasteiger partial charge in [0.2, 0.25) is 5.82 Å². The van der Waals surface area contributed by atoms with E-state index >= 15 is 0 Å². The number of aliphatic hydroxyl groups is 1. The summed E-state index contributed by atoms with van der Waals surface area (Å²) >= 11 is 0. The smallest absolute Gasteiger partial charge is 0.320 e. The predicted octanol–water partition coefficient (Wildman–Crippen LogP) is 4.20. The molecule has 1 aliphatic rings. The summed E-state index contributed by atoms with van der Waals surface area (Å²) in [5.41, 5.74) is 3.84. The maximum absolute atomic E-state index is 11.2. The molecule has 1 unspecified atom stereocenters. The first-order valence-electron chi connectivity index (χ1n) is 11.7. The van der Waals surface area contributed by atoms with E-state index in [-0.39, 0.29) is 12.4 Å². The first-order chi connectivity index (χ1) is 17.0. The Balaban J connectivity index is 1.34. The van der Waals surface area contributed by atoms with Gasteiger partial charge in [0.05, 0.1) is 6.10 Å². The van der Waals surface area contributed by atoms with Crippen molar-refractivity contribution in [2.24, 2.45) is 0 Å². The van der Waals surface area contributed by atoms with Crippen molar-refractivity contribution in [3.8, 4) is 34.3 Å². The average Bonchev–Trinajstić information content (AvgIpc) is 3.50. The molecule has 0 radical (unpaired) electrons. The monoisotopic (exact) mass is 474 g/mol. The number of β-amino-alcohol motifs (C(OH)–C–C–N with tert-alkyl or cyclic N) is 1. The number of benzene rings is 2. The summed E-state index contributed by atoms with van der Waals surface area (Å²) < 4.78 is 11.2. The molecule has 0 aliphatic carbocycles. The number of hydrogen-bond acceptors (Lipinski definition) is 8. The van der Waals surface area contributed by atoms with Gasteiger partial charge in [-0.15, -0.1) is 0 Å². The fourth-order valence-electron chi connectivity index (χ4n) is 4.33. The maximum Gasteiger partial charge on any atom is 0.320 e. The van der Waals surface area contributed by atoms with Gasteiger partial charge in [0, 0.05) is 29.8 Å². The SMILES string of the molecule is CCCc1c(-c2nc(-c3ccc([C@@H](O)CN4CCC4C(=O)O)cc3)no2)noc1-c1ccccc1. The summed E-state index contributed by atoms with van der Waals surface area (Å²) in [5, 5.41) is 28.1. The van der Waals surface area contributed by atoms with Crippen molar-refractivity contribution in [2.75, 3.05) is 13.1 Å². The zero-order valence-corrected chi connectivity index (χ0v) is 19.3. The van der Waals surface area contributed by atoms with Crippen LogP contribution in [0.1, 0.15) is 37.0 Å². The Labute approximate surface area is 202 Å². The van der Waals surface area contributed by atoms with Crippen LogP contribution in [0.15, 0.2) is 63.6 Å². The van der Waals surface area contributed by atoms with Crippen LogP contribution in [0.3, 0.4) is 0 Å². The van der Waals surface area contributed by atoms with Crippen LogP contribution in [0, 0.1) is 0 Å². The molecule has 9 heteroatoms. The molecular formula is C26H26N4O5. The Bertz CT molecular complexity index is 1300. The predicted molar refractivity (Wildman–Crippen MR) is 127 cm³/mol. The molecule has 2 aromatic heterocycles. The number of nitrogens with zero attached hydrogens (tertiary/aromatic N) is 4. The molecule has 0 amide bonds. The third-order valence-electron chi connectivity index (χ3n) is 6.33. The number of aliphatic hydroxyl groups excluding tert-OH is 1. The molecule has 2 atom stereocenters. The number of carbonyl (C=O) groups is 1. The van der Waals surface area contributed by atoms with Crippen LogP contribution in [0.4, 0.5) is 0 Å². The van der Waals surface area contributed by atoms with E-state index in [9.17, 15) is 15.0 Å². The number of hydrogen-bond donors (Lipinski definition) is 2. The van der Waals surface area contributed by atoms with Gasteiger partial charge in [0.15, 0.2) is 11.5 Å². The summed E-state index contributed by atoms with van der Waals surface area (Å²) in [5.74, 6) is 0.544. The van der Waals surface area contributed by atoms with Gasteiger partial charge < -0.3 is 19.3 Å². The van der Waals surface area contributed by atoms with Crippen LogP contribution in [0.2, 0.25) is 0 Å². The second-order valence-electron chi connectivity index (χ2n) is 8.65. The molecular weight excluding hydrogens is 448 g/mol. The molecule has 0 bridgehead atoms. The Morgan fingerprint density at radius 3 is 2.51 bits per heavy atom. The van der Waals surface area contributed by atoms with Gasteiger partial charge in [-0.05, 0) is 18.4 Å². The lowest BCUT2D eigenvalue weighted by Crippen LogP contribution is -2.53. The normalized spacial score (nSPS) is 16.7. The van der Waals surface area contributed by atoms with Crippen molar-refractivity contribution in [1.82, 2.24) is 20.2 Å². The van der Waals surface area contributed by atoms with Crippen molar-refractivity contribution < 1.29 is 24.1 Å². The number of carboxylic acid groups (broad SMARTS) is 1. The molecule has 3 heterocycles. The summed E-state index contributed by atoms with van der Waals surface area (Å²) in [6.07, 6.45) is 1.49. The second kappa shape index (κ2) is 9.81. The number of rotatable bonds is 9. The standard InChI is InChI=1S/C26H26N4O5/c1-2-6-19-22(28-34-23(19)17-7-4-3-5-8-17)25-27-24(29-35-25)18-11-9-16(10-12-18)21(31)15-30-14-13-20(30)26(32)33/h3-5,7-12,20-21,31H,2,6,13-15H2,1H3,(H,32,33)/t20?,21-/m0/s1. The maximum atomic E-state index is 11.2. The Hall–Kier alpha value is -3.82. The minimum Gasteiger partial charge on any atom is -0.480 e. The first-order valence-corrected chi connectivity index (χ1v) is 11.7. The van der Waals surface area contributed by atoms with Gasteiger partial charge in [0.25, 0.3) is 5.89 Å². The Kier molecular flexibility index (Phi) is 6.43. The highest BCUT2D eigenvalue weighted by Gasteiger charge is 2.35. The third kappa shape index (κ3) is 4.60. The van der Waals surface area contributed by atoms with Gasteiger partial charge in [0.1, 0.15) is 6.04 Å². The number of likely N-dealkylation sites (tertiary alicyclic amines) is 1. The quantitative estimate of drug-likeness (QED) is 0.367. The number of aliphatic carboxylic acids is 1. The molecule has 0 spiro atoms. The molecule has 1 saturated heterocycles. The van der Waals surface area contributed by atoms with Crippen molar-refractivity contribution in [1.29, 1.82) is 0 Å². The highest BCUT2D eigenvalue weighted by molar-refractivity contribution is 5.74. The van der Waals surface area contributed by atoms with Crippen LogP contribution in [0.5, 0.6) is 0 Å². The molecule has 9 nitrogen and oxygen atoms in total. The van der Waals surface area contributed by atoms with Crippen LogP contribution in [-0.4, -0.2) is 55.5 Å². The van der Waals surface area contributed by atoms with Gasteiger partial charge >= 0.3 is 5.97 Å². The van der Waals surface area contributed by atoms with E-state index in [0.717, 1.165) is 29.5 Å². The molecule has 2 aromatic carbocycles. The lowest BCUT2D eigenvalue weighted by Gasteiger charge is -2.39.